The first-order valence-electron chi connectivity index (χ1n) is 6.60. The van der Waals surface area contributed by atoms with Crippen molar-refractivity contribution in [3.63, 3.8) is 0 Å². The van der Waals surface area contributed by atoms with E-state index in [-0.39, 0.29) is 18.4 Å². The fourth-order valence-corrected chi connectivity index (χ4v) is 2.16. The lowest BCUT2D eigenvalue weighted by Crippen LogP contribution is -1.99. The van der Waals surface area contributed by atoms with E-state index in [1.807, 2.05) is 31.2 Å². The van der Waals surface area contributed by atoms with Gasteiger partial charge >= 0.3 is 0 Å². The molecule has 0 unspecified atom stereocenters. The van der Waals surface area contributed by atoms with Crippen molar-refractivity contribution in [2.24, 2.45) is 4.99 Å². The Labute approximate surface area is 128 Å². The zero-order chi connectivity index (χ0) is 15.4. The number of nitrogens with zero attached hydrogens (tertiary/aromatic N) is 2. The number of aliphatic hydroxyl groups is 1. The van der Waals surface area contributed by atoms with Crippen LogP contribution in [-0.4, -0.2) is 21.4 Å². The van der Waals surface area contributed by atoms with E-state index in [9.17, 15) is 10.2 Å². The van der Waals surface area contributed by atoms with Crippen LogP contribution in [0.5, 0.6) is 5.75 Å². The third-order valence-electron chi connectivity index (χ3n) is 3.29. The summed E-state index contributed by atoms with van der Waals surface area (Å²) in [5.74, 6) is 0.0450. The number of aliphatic hydroxyl groups excluding tert-OH is 1. The molecule has 0 bridgehead atoms. The zero-order valence-corrected chi connectivity index (χ0v) is 12.7. The monoisotopic (exact) mass is 304 g/mol. The van der Waals surface area contributed by atoms with Gasteiger partial charge in [-0.2, -0.15) is 0 Å². The number of rotatable bonds is 4. The first-order chi connectivity index (χ1) is 10.0. The van der Waals surface area contributed by atoms with Crippen LogP contribution >= 0.6 is 11.6 Å². The molecule has 0 saturated heterocycles. The summed E-state index contributed by atoms with van der Waals surface area (Å²) in [6.07, 6.45) is 3.11. The van der Waals surface area contributed by atoms with Crippen LogP contribution in [0.2, 0.25) is 5.02 Å². The van der Waals surface area contributed by atoms with Crippen LogP contribution in [0, 0.1) is 6.92 Å². The maximum Gasteiger partial charge on any atom is 0.145 e. The number of aryl methyl sites for hydroxylation is 1. The zero-order valence-electron chi connectivity index (χ0n) is 11.9. The quantitative estimate of drug-likeness (QED) is 0.851. The normalized spacial score (nSPS) is 12.8. The van der Waals surface area contributed by atoms with Crippen LogP contribution in [0.3, 0.4) is 0 Å². The lowest BCUT2D eigenvalue weighted by Gasteiger charge is -2.10. The summed E-state index contributed by atoms with van der Waals surface area (Å²) in [5, 5.41) is 20.0. The highest BCUT2D eigenvalue weighted by molar-refractivity contribution is 6.30. The molecule has 2 aromatic rings. The van der Waals surface area contributed by atoms with Crippen molar-refractivity contribution < 1.29 is 10.2 Å². The molecule has 0 radical (unpaired) electrons. The van der Waals surface area contributed by atoms with Crippen molar-refractivity contribution in [1.82, 2.24) is 4.98 Å². The van der Waals surface area contributed by atoms with Gasteiger partial charge in [0.05, 0.1) is 18.3 Å². The highest BCUT2D eigenvalue weighted by atomic mass is 35.5. The maximum atomic E-state index is 10.1. The molecule has 1 atom stereocenters. The van der Waals surface area contributed by atoms with E-state index in [1.165, 1.54) is 0 Å². The van der Waals surface area contributed by atoms with E-state index >= 15 is 0 Å². The fraction of sp³-hybridized carbons (Fsp3) is 0.250. The third-order valence-corrected chi connectivity index (χ3v) is 3.52. The fourth-order valence-electron chi connectivity index (χ4n) is 1.96. The molecule has 2 rings (SSSR count). The number of hydrogen-bond acceptors (Lipinski definition) is 4. The molecule has 0 aliphatic heterocycles. The van der Waals surface area contributed by atoms with Crippen molar-refractivity contribution >= 4 is 17.8 Å². The Morgan fingerprint density at radius 1 is 1.43 bits per heavy atom. The maximum absolute atomic E-state index is 10.1. The average molecular weight is 305 g/mol. The molecular formula is C16H17ClN2O2. The van der Waals surface area contributed by atoms with E-state index in [2.05, 4.69) is 9.98 Å². The van der Waals surface area contributed by atoms with E-state index < -0.39 is 0 Å². The highest BCUT2D eigenvalue weighted by Gasteiger charge is 2.10. The smallest absolute Gasteiger partial charge is 0.145 e. The van der Waals surface area contributed by atoms with Gasteiger partial charge in [0.25, 0.3) is 0 Å². The minimum atomic E-state index is -0.201. The molecule has 0 spiro atoms. The van der Waals surface area contributed by atoms with Gasteiger partial charge in [0.2, 0.25) is 0 Å². The SMILES string of the molecule is Cc1ncc(CO)c(C=N[C@H](C)c2cccc(Cl)c2)c1O. The topological polar surface area (TPSA) is 65.7 Å². The summed E-state index contributed by atoms with van der Waals surface area (Å²) in [6.45, 7) is 3.44. The molecule has 21 heavy (non-hydrogen) atoms. The van der Waals surface area contributed by atoms with Crippen LogP contribution in [-0.2, 0) is 6.61 Å². The average Bonchev–Trinajstić information content (AvgIpc) is 2.48. The standard InChI is InChI=1S/C16H17ClN2O2/c1-10(12-4-3-5-14(17)6-12)19-8-15-13(9-20)7-18-11(2)16(15)21/h3-8,10,20-21H,9H2,1-2H3/t10-/m1/s1. The van der Waals surface area contributed by atoms with Crippen LogP contribution in [0.1, 0.15) is 35.3 Å². The summed E-state index contributed by atoms with van der Waals surface area (Å²) in [6, 6.07) is 7.37. The second-order valence-electron chi connectivity index (χ2n) is 4.80. The predicted molar refractivity (Wildman–Crippen MR) is 84.0 cm³/mol. The van der Waals surface area contributed by atoms with Gasteiger partial charge in [0.15, 0.2) is 0 Å². The molecule has 0 fully saturated rings. The molecule has 1 heterocycles. The van der Waals surface area contributed by atoms with Gasteiger partial charge < -0.3 is 10.2 Å². The highest BCUT2D eigenvalue weighted by Crippen LogP contribution is 2.24. The van der Waals surface area contributed by atoms with Gasteiger partial charge in [0, 0.05) is 28.6 Å². The Kier molecular flexibility index (Phi) is 4.94. The van der Waals surface area contributed by atoms with Gasteiger partial charge in [-0.15, -0.1) is 0 Å². The Hall–Kier alpha value is -1.91. The summed E-state index contributed by atoms with van der Waals surface area (Å²) < 4.78 is 0. The number of halogens is 1. The lowest BCUT2D eigenvalue weighted by atomic mass is 10.1. The first-order valence-corrected chi connectivity index (χ1v) is 6.97. The van der Waals surface area contributed by atoms with Gasteiger partial charge in [-0.1, -0.05) is 23.7 Å². The second kappa shape index (κ2) is 6.70. The predicted octanol–water partition coefficient (Wildman–Crippen LogP) is 3.42. The van der Waals surface area contributed by atoms with Crippen molar-refractivity contribution in [3.8, 4) is 5.75 Å². The number of hydrogen-bond donors (Lipinski definition) is 2. The molecule has 0 saturated carbocycles. The molecule has 1 aromatic heterocycles. The molecule has 0 amide bonds. The number of aromatic nitrogens is 1. The summed E-state index contributed by atoms with van der Waals surface area (Å²) in [4.78, 5) is 8.45. The summed E-state index contributed by atoms with van der Waals surface area (Å²) in [5.41, 5.74) is 2.53. The molecule has 4 nitrogen and oxygen atoms in total. The first kappa shape index (κ1) is 15.5. The van der Waals surface area contributed by atoms with Crippen LogP contribution in [0.25, 0.3) is 0 Å². The molecular weight excluding hydrogens is 288 g/mol. The Morgan fingerprint density at radius 3 is 2.86 bits per heavy atom. The van der Waals surface area contributed by atoms with Crippen LogP contribution < -0.4 is 0 Å². The number of benzene rings is 1. The number of aliphatic imine (C=N–C) groups is 1. The second-order valence-corrected chi connectivity index (χ2v) is 5.23. The lowest BCUT2D eigenvalue weighted by molar-refractivity contribution is 0.280. The van der Waals surface area contributed by atoms with E-state index in [1.54, 1.807) is 19.3 Å². The number of aromatic hydroxyl groups is 1. The number of pyridine rings is 1. The van der Waals surface area contributed by atoms with Crippen molar-refractivity contribution in [2.75, 3.05) is 0 Å². The minimum Gasteiger partial charge on any atom is -0.505 e. The van der Waals surface area contributed by atoms with Crippen LogP contribution in [0.15, 0.2) is 35.5 Å². The van der Waals surface area contributed by atoms with E-state index in [0.29, 0.717) is 21.8 Å². The molecule has 0 aliphatic carbocycles. The Balaban J connectivity index is 2.31. The Bertz CT molecular complexity index is 671. The van der Waals surface area contributed by atoms with Crippen molar-refractivity contribution in [1.29, 1.82) is 0 Å². The summed E-state index contributed by atoms with van der Waals surface area (Å²) in [7, 11) is 0. The molecule has 1 aromatic carbocycles. The molecule has 0 aliphatic rings. The van der Waals surface area contributed by atoms with Gasteiger partial charge in [-0.05, 0) is 31.5 Å². The molecule has 110 valence electrons. The third kappa shape index (κ3) is 3.60. The van der Waals surface area contributed by atoms with Crippen molar-refractivity contribution in [2.45, 2.75) is 26.5 Å². The molecule has 5 heteroatoms. The van der Waals surface area contributed by atoms with Gasteiger partial charge in [-0.3, -0.25) is 9.98 Å². The van der Waals surface area contributed by atoms with E-state index in [4.69, 9.17) is 11.6 Å². The minimum absolute atomic E-state index is 0.0450. The van der Waals surface area contributed by atoms with Gasteiger partial charge in [0.1, 0.15) is 5.75 Å². The Morgan fingerprint density at radius 2 is 2.19 bits per heavy atom. The van der Waals surface area contributed by atoms with Crippen molar-refractivity contribution in [3.05, 3.63) is 57.9 Å². The van der Waals surface area contributed by atoms with E-state index in [0.717, 1.165) is 5.56 Å². The summed E-state index contributed by atoms with van der Waals surface area (Å²) >= 11 is 5.97. The molecule has 2 N–H and O–H groups in total. The largest absolute Gasteiger partial charge is 0.505 e. The van der Waals surface area contributed by atoms with Crippen LogP contribution in [0.4, 0.5) is 0 Å². The van der Waals surface area contributed by atoms with Gasteiger partial charge in [-0.25, -0.2) is 0 Å².